The topological polar surface area (TPSA) is 23.5 Å². The molecule has 0 amide bonds. The lowest BCUT2D eigenvalue weighted by molar-refractivity contribution is 0.185. The van der Waals surface area contributed by atoms with Crippen molar-refractivity contribution < 1.29 is 5.11 Å². The molecule has 0 fully saturated rings. The number of hydrogen-bond donors (Lipinski definition) is 2. The monoisotopic (exact) mass is 267 g/mol. The molecule has 102 valence electrons. The lowest BCUT2D eigenvalue weighted by Gasteiger charge is -2.30. The van der Waals surface area contributed by atoms with E-state index in [-0.39, 0.29) is 6.61 Å². The molecular formula is C15H25NOS. The Balaban J connectivity index is 2.65. The first-order valence-corrected chi connectivity index (χ1v) is 7.33. The predicted octanol–water partition coefficient (Wildman–Crippen LogP) is 2.79. The van der Waals surface area contributed by atoms with Crippen molar-refractivity contribution in [2.75, 3.05) is 25.4 Å². The van der Waals surface area contributed by atoms with E-state index in [1.165, 1.54) is 5.56 Å². The van der Waals surface area contributed by atoms with E-state index < -0.39 is 0 Å². The maximum atomic E-state index is 8.96. The molecule has 0 heterocycles. The molecule has 0 radical (unpaired) electrons. The van der Waals surface area contributed by atoms with Crippen LogP contribution in [0.4, 0.5) is 0 Å². The Kier molecular flexibility index (Phi) is 7.40. The second-order valence-corrected chi connectivity index (χ2v) is 5.32. The number of benzene rings is 1. The molecule has 0 aliphatic rings. The number of aliphatic hydroxyl groups is 1. The van der Waals surface area contributed by atoms with Crippen molar-refractivity contribution in [2.24, 2.45) is 0 Å². The summed E-state index contributed by atoms with van der Waals surface area (Å²) in [6.07, 6.45) is 0.840. The Morgan fingerprint density at radius 3 is 2.39 bits per heavy atom. The van der Waals surface area contributed by atoms with Gasteiger partial charge in [-0.2, -0.15) is 12.6 Å². The zero-order chi connectivity index (χ0) is 13.4. The average molecular weight is 267 g/mol. The Hall–Kier alpha value is -0.510. The lowest BCUT2D eigenvalue weighted by Crippen LogP contribution is -2.36. The van der Waals surface area contributed by atoms with Crippen LogP contribution in [0.15, 0.2) is 30.3 Å². The SMILES string of the molecule is CC(C)N(CCCO)CC(CS)c1ccccc1. The van der Waals surface area contributed by atoms with Gasteiger partial charge in [0.05, 0.1) is 0 Å². The van der Waals surface area contributed by atoms with Crippen molar-refractivity contribution >= 4 is 12.6 Å². The number of rotatable bonds is 8. The quantitative estimate of drug-likeness (QED) is 0.708. The van der Waals surface area contributed by atoms with Gasteiger partial charge in [0, 0.05) is 31.7 Å². The lowest BCUT2D eigenvalue weighted by atomic mass is 10.00. The van der Waals surface area contributed by atoms with E-state index in [1.807, 2.05) is 6.07 Å². The molecule has 2 nitrogen and oxygen atoms in total. The van der Waals surface area contributed by atoms with Gasteiger partial charge in [0.25, 0.3) is 0 Å². The fraction of sp³-hybridized carbons (Fsp3) is 0.600. The highest BCUT2D eigenvalue weighted by molar-refractivity contribution is 7.80. The maximum Gasteiger partial charge on any atom is 0.0443 e. The summed E-state index contributed by atoms with van der Waals surface area (Å²) in [5.74, 6) is 1.31. The standard InChI is InChI=1S/C15H25NOS/c1-13(2)16(9-6-10-17)11-15(12-18)14-7-4-3-5-8-14/h3-5,7-8,13,15,17-18H,6,9-12H2,1-2H3. The average Bonchev–Trinajstić information content (AvgIpc) is 2.39. The summed E-state index contributed by atoms with van der Waals surface area (Å²) >= 11 is 4.48. The maximum absolute atomic E-state index is 8.96. The molecule has 3 heteroatoms. The first kappa shape index (κ1) is 15.5. The van der Waals surface area contributed by atoms with Crippen LogP contribution in [0.25, 0.3) is 0 Å². The first-order chi connectivity index (χ1) is 8.69. The first-order valence-electron chi connectivity index (χ1n) is 6.69. The van der Waals surface area contributed by atoms with Crippen LogP contribution in [0.3, 0.4) is 0 Å². The Bertz CT molecular complexity index is 316. The molecule has 1 aromatic rings. The molecule has 18 heavy (non-hydrogen) atoms. The molecule has 1 aromatic carbocycles. The molecule has 0 bridgehead atoms. The molecule has 0 aromatic heterocycles. The second-order valence-electron chi connectivity index (χ2n) is 4.96. The van der Waals surface area contributed by atoms with Crippen LogP contribution in [-0.4, -0.2) is 41.5 Å². The molecule has 0 aliphatic heterocycles. The van der Waals surface area contributed by atoms with E-state index in [9.17, 15) is 0 Å². The second kappa shape index (κ2) is 8.57. The van der Waals surface area contributed by atoms with Gasteiger partial charge in [-0.1, -0.05) is 30.3 Å². The summed E-state index contributed by atoms with van der Waals surface area (Å²) in [7, 11) is 0. The summed E-state index contributed by atoms with van der Waals surface area (Å²) in [6, 6.07) is 11.1. The Morgan fingerprint density at radius 2 is 1.89 bits per heavy atom. The van der Waals surface area contributed by atoms with E-state index in [0.29, 0.717) is 12.0 Å². The van der Waals surface area contributed by atoms with E-state index in [2.05, 4.69) is 55.6 Å². The molecule has 0 saturated carbocycles. The normalized spacial score (nSPS) is 13.2. The third-order valence-corrected chi connectivity index (χ3v) is 3.72. The van der Waals surface area contributed by atoms with Crippen LogP contribution < -0.4 is 0 Å². The molecule has 1 N–H and O–H groups in total. The van der Waals surface area contributed by atoms with Crippen molar-refractivity contribution in [1.82, 2.24) is 4.90 Å². The van der Waals surface area contributed by atoms with Crippen LogP contribution >= 0.6 is 12.6 Å². The van der Waals surface area contributed by atoms with Crippen molar-refractivity contribution in [3.63, 3.8) is 0 Å². The Morgan fingerprint density at radius 1 is 1.22 bits per heavy atom. The van der Waals surface area contributed by atoms with Crippen LogP contribution in [0.2, 0.25) is 0 Å². The number of aliphatic hydroxyl groups excluding tert-OH is 1. The van der Waals surface area contributed by atoms with Crippen LogP contribution in [0.1, 0.15) is 31.7 Å². The highest BCUT2D eigenvalue weighted by Gasteiger charge is 2.16. The third kappa shape index (κ3) is 5.01. The number of hydrogen-bond acceptors (Lipinski definition) is 3. The van der Waals surface area contributed by atoms with Crippen molar-refractivity contribution in [2.45, 2.75) is 32.2 Å². The number of nitrogens with zero attached hydrogens (tertiary/aromatic N) is 1. The van der Waals surface area contributed by atoms with Crippen LogP contribution in [-0.2, 0) is 0 Å². The fourth-order valence-electron chi connectivity index (χ4n) is 2.11. The third-order valence-electron chi connectivity index (χ3n) is 3.28. The van der Waals surface area contributed by atoms with Gasteiger partial charge in [-0.3, -0.25) is 0 Å². The molecule has 0 saturated heterocycles. The largest absolute Gasteiger partial charge is 0.396 e. The zero-order valence-electron chi connectivity index (χ0n) is 11.4. The van der Waals surface area contributed by atoms with Gasteiger partial charge >= 0.3 is 0 Å². The molecule has 1 unspecified atom stereocenters. The van der Waals surface area contributed by atoms with Crippen molar-refractivity contribution in [3.05, 3.63) is 35.9 Å². The van der Waals surface area contributed by atoms with Crippen LogP contribution in [0.5, 0.6) is 0 Å². The van der Waals surface area contributed by atoms with Gasteiger partial charge < -0.3 is 10.0 Å². The highest BCUT2D eigenvalue weighted by Crippen LogP contribution is 2.19. The molecule has 0 aliphatic carbocycles. The minimum Gasteiger partial charge on any atom is -0.396 e. The zero-order valence-corrected chi connectivity index (χ0v) is 12.3. The van der Waals surface area contributed by atoms with Gasteiger partial charge in [0.2, 0.25) is 0 Å². The smallest absolute Gasteiger partial charge is 0.0443 e. The summed E-state index contributed by atoms with van der Waals surface area (Å²) < 4.78 is 0. The highest BCUT2D eigenvalue weighted by atomic mass is 32.1. The van der Waals surface area contributed by atoms with Crippen molar-refractivity contribution in [1.29, 1.82) is 0 Å². The Labute approximate surface area is 116 Å². The van der Waals surface area contributed by atoms with E-state index in [1.54, 1.807) is 0 Å². The molecule has 1 rings (SSSR count). The molecule has 0 spiro atoms. The fourth-order valence-corrected chi connectivity index (χ4v) is 2.44. The summed E-state index contributed by atoms with van der Waals surface area (Å²) in [5, 5.41) is 8.96. The van der Waals surface area contributed by atoms with Gasteiger partial charge in [-0.05, 0) is 31.6 Å². The van der Waals surface area contributed by atoms with Crippen molar-refractivity contribution in [3.8, 4) is 0 Å². The number of thiol groups is 1. The molecular weight excluding hydrogens is 242 g/mol. The van der Waals surface area contributed by atoms with E-state index in [0.717, 1.165) is 25.3 Å². The minimum atomic E-state index is 0.264. The van der Waals surface area contributed by atoms with Gasteiger partial charge in [0.15, 0.2) is 0 Å². The predicted molar refractivity (Wildman–Crippen MR) is 81.4 cm³/mol. The van der Waals surface area contributed by atoms with Gasteiger partial charge in [-0.25, -0.2) is 0 Å². The minimum absolute atomic E-state index is 0.264. The molecule has 1 atom stereocenters. The van der Waals surface area contributed by atoms with Gasteiger partial charge in [0.1, 0.15) is 0 Å². The summed E-state index contributed by atoms with van der Waals surface area (Å²) in [4.78, 5) is 2.42. The van der Waals surface area contributed by atoms with E-state index >= 15 is 0 Å². The van der Waals surface area contributed by atoms with Crippen LogP contribution in [0, 0.1) is 0 Å². The summed E-state index contributed by atoms with van der Waals surface area (Å²) in [6.45, 7) is 6.63. The van der Waals surface area contributed by atoms with Gasteiger partial charge in [-0.15, -0.1) is 0 Å². The summed E-state index contributed by atoms with van der Waals surface area (Å²) in [5.41, 5.74) is 1.35. The van der Waals surface area contributed by atoms with E-state index in [4.69, 9.17) is 5.11 Å².